The van der Waals surface area contributed by atoms with Crippen molar-refractivity contribution >= 4 is 59.5 Å². The molecule has 0 saturated carbocycles. The minimum Gasteiger partial charge on any atom is -0.480 e. The van der Waals surface area contributed by atoms with Crippen LogP contribution in [0, 0.1) is 5.92 Å². The number of fused-ring (bicyclic) bond motifs is 4. The lowest BCUT2D eigenvalue weighted by molar-refractivity contribution is -0.140. The molecule has 0 spiro atoms. The number of para-hydroxylation sites is 1. The van der Waals surface area contributed by atoms with E-state index in [4.69, 9.17) is 4.42 Å². The highest BCUT2D eigenvalue weighted by molar-refractivity contribution is 7.89. The largest absolute Gasteiger partial charge is 0.480 e. The first kappa shape index (κ1) is 21.6. The van der Waals surface area contributed by atoms with Gasteiger partial charge >= 0.3 is 5.97 Å². The average Bonchev–Trinajstić information content (AvgIpc) is 3.37. The van der Waals surface area contributed by atoms with Gasteiger partial charge in [0.15, 0.2) is 0 Å². The van der Waals surface area contributed by atoms with Crippen LogP contribution in [0.5, 0.6) is 0 Å². The molecule has 2 heterocycles. The van der Waals surface area contributed by atoms with Crippen molar-refractivity contribution < 1.29 is 22.7 Å². The summed E-state index contributed by atoms with van der Waals surface area (Å²) < 4.78 is 35.0. The number of furan rings is 1. The molecule has 0 amide bonds. The molecule has 2 N–H and O–H groups in total. The van der Waals surface area contributed by atoms with Crippen LogP contribution in [0.25, 0.3) is 42.7 Å². The number of hydrogen-bond acceptors (Lipinski definition) is 6. The number of hydrogen-bond donors (Lipinski definition) is 2. The lowest BCUT2D eigenvalue weighted by atomic mass is 10.1. The standard InChI is InChI=1S/C24H20N2O5S2/c1-13(2)22(24(27)28)26-33(29,30)15-8-10-17-16-9-7-14(11-19(16)31-20(17)12-15)23-25-18-5-3-4-6-21(18)32-23/h3-13,22,26H,1-2H3,(H,27,28)/t22-/m0/s1. The summed E-state index contributed by atoms with van der Waals surface area (Å²) in [6.07, 6.45) is 0. The van der Waals surface area contributed by atoms with Gasteiger partial charge in [0, 0.05) is 22.4 Å². The highest BCUT2D eigenvalue weighted by Crippen LogP contribution is 2.35. The monoisotopic (exact) mass is 480 g/mol. The summed E-state index contributed by atoms with van der Waals surface area (Å²) in [6, 6.07) is 17.1. The third-order valence-electron chi connectivity index (χ3n) is 5.51. The quantitative estimate of drug-likeness (QED) is 0.343. The van der Waals surface area contributed by atoms with E-state index in [1.165, 1.54) is 12.1 Å². The maximum absolute atomic E-state index is 12.8. The molecule has 0 unspecified atom stereocenters. The summed E-state index contributed by atoms with van der Waals surface area (Å²) in [7, 11) is -4.04. The molecule has 168 valence electrons. The first-order valence-corrected chi connectivity index (χ1v) is 12.6. The molecule has 7 nitrogen and oxygen atoms in total. The second-order valence-electron chi connectivity index (χ2n) is 8.14. The van der Waals surface area contributed by atoms with Gasteiger partial charge in [-0.25, -0.2) is 13.4 Å². The van der Waals surface area contributed by atoms with Gasteiger partial charge in [-0.15, -0.1) is 11.3 Å². The van der Waals surface area contributed by atoms with Gasteiger partial charge < -0.3 is 9.52 Å². The van der Waals surface area contributed by atoms with Crippen LogP contribution in [0.1, 0.15) is 13.8 Å². The average molecular weight is 481 g/mol. The Kier molecular flexibility index (Phi) is 5.19. The third kappa shape index (κ3) is 3.88. The predicted molar refractivity (Wildman–Crippen MR) is 129 cm³/mol. The van der Waals surface area contributed by atoms with Gasteiger partial charge in [0.25, 0.3) is 0 Å². The van der Waals surface area contributed by atoms with Crippen molar-refractivity contribution in [3.63, 3.8) is 0 Å². The molecule has 0 fully saturated rings. The van der Waals surface area contributed by atoms with Crippen LogP contribution in [0.15, 0.2) is 70.0 Å². The zero-order valence-electron chi connectivity index (χ0n) is 17.8. The number of carboxylic acids is 1. The van der Waals surface area contributed by atoms with Crippen molar-refractivity contribution in [3.8, 4) is 10.6 Å². The van der Waals surface area contributed by atoms with Crippen LogP contribution in [0.3, 0.4) is 0 Å². The molecule has 0 aliphatic carbocycles. The Labute approximate surface area is 193 Å². The maximum Gasteiger partial charge on any atom is 0.322 e. The van der Waals surface area contributed by atoms with Crippen molar-refractivity contribution in [2.45, 2.75) is 24.8 Å². The molecule has 1 atom stereocenters. The lowest BCUT2D eigenvalue weighted by Gasteiger charge is -2.17. The smallest absolute Gasteiger partial charge is 0.322 e. The van der Waals surface area contributed by atoms with Crippen LogP contribution >= 0.6 is 11.3 Å². The van der Waals surface area contributed by atoms with E-state index in [1.54, 1.807) is 31.3 Å². The van der Waals surface area contributed by atoms with E-state index >= 15 is 0 Å². The Hall–Kier alpha value is -3.27. The summed E-state index contributed by atoms with van der Waals surface area (Å²) in [4.78, 5) is 16.1. The van der Waals surface area contributed by atoms with E-state index in [-0.39, 0.29) is 4.90 Å². The Bertz CT molecular complexity index is 1600. The molecule has 0 radical (unpaired) electrons. The lowest BCUT2D eigenvalue weighted by Crippen LogP contribution is -2.44. The van der Waals surface area contributed by atoms with Crippen molar-refractivity contribution in [2.24, 2.45) is 5.92 Å². The Morgan fingerprint density at radius 2 is 1.73 bits per heavy atom. The second kappa shape index (κ2) is 7.95. The van der Waals surface area contributed by atoms with Crippen LogP contribution in [0.2, 0.25) is 0 Å². The van der Waals surface area contributed by atoms with Gasteiger partial charge in [0.05, 0.1) is 15.1 Å². The summed E-state index contributed by atoms with van der Waals surface area (Å²) in [5.41, 5.74) is 2.88. The number of rotatable bonds is 6. The van der Waals surface area contributed by atoms with Crippen LogP contribution in [0.4, 0.5) is 0 Å². The number of carboxylic acid groups (broad SMARTS) is 1. The van der Waals surface area contributed by atoms with Gasteiger partial charge in [-0.05, 0) is 42.3 Å². The zero-order valence-corrected chi connectivity index (χ0v) is 19.4. The molecule has 5 aromatic rings. The maximum atomic E-state index is 12.8. The fourth-order valence-corrected chi connectivity index (χ4v) is 6.07. The molecule has 0 aliphatic rings. The van der Waals surface area contributed by atoms with Crippen molar-refractivity contribution in [1.29, 1.82) is 0 Å². The number of nitrogens with one attached hydrogen (secondary N) is 1. The fraction of sp³-hybridized carbons (Fsp3) is 0.167. The van der Waals surface area contributed by atoms with E-state index in [9.17, 15) is 18.3 Å². The first-order valence-electron chi connectivity index (χ1n) is 10.3. The summed E-state index contributed by atoms with van der Waals surface area (Å²) in [5, 5.41) is 11.8. The fourth-order valence-electron chi connectivity index (χ4n) is 3.76. The number of nitrogens with zero attached hydrogens (tertiary/aromatic N) is 1. The topological polar surface area (TPSA) is 110 Å². The molecular formula is C24H20N2O5S2. The van der Waals surface area contributed by atoms with E-state index in [1.807, 2.05) is 42.5 Å². The molecule has 5 rings (SSSR count). The number of benzene rings is 3. The SMILES string of the molecule is CC(C)[C@H](NS(=O)(=O)c1ccc2c(c1)oc1cc(-c3nc4ccccc4s3)ccc12)C(=O)O. The van der Waals surface area contributed by atoms with Gasteiger partial charge in [0.2, 0.25) is 10.0 Å². The van der Waals surface area contributed by atoms with E-state index < -0.39 is 28.0 Å². The minimum absolute atomic E-state index is 0.0487. The summed E-state index contributed by atoms with van der Waals surface area (Å²) >= 11 is 1.59. The Morgan fingerprint density at radius 3 is 2.42 bits per heavy atom. The zero-order chi connectivity index (χ0) is 23.3. The highest BCUT2D eigenvalue weighted by atomic mass is 32.2. The van der Waals surface area contributed by atoms with Crippen LogP contribution in [-0.2, 0) is 14.8 Å². The van der Waals surface area contributed by atoms with Gasteiger partial charge in [-0.2, -0.15) is 4.72 Å². The number of aromatic nitrogens is 1. The Balaban J connectivity index is 1.54. The molecule has 9 heteroatoms. The molecule has 0 saturated heterocycles. The predicted octanol–water partition coefficient (Wildman–Crippen LogP) is 5.25. The minimum atomic E-state index is -4.04. The molecular weight excluding hydrogens is 460 g/mol. The van der Waals surface area contributed by atoms with Gasteiger partial charge in [0.1, 0.15) is 22.2 Å². The summed E-state index contributed by atoms with van der Waals surface area (Å²) in [5.74, 6) is -1.63. The molecule has 3 aromatic carbocycles. The molecule has 2 aromatic heterocycles. The van der Waals surface area contributed by atoms with Crippen LogP contribution in [-0.4, -0.2) is 30.5 Å². The highest BCUT2D eigenvalue weighted by Gasteiger charge is 2.28. The van der Waals surface area contributed by atoms with Crippen molar-refractivity contribution in [2.75, 3.05) is 0 Å². The molecule has 0 aliphatic heterocycles. The number of carbonyl (C=O) groups is 1. The van der Waals surface area contributed by atoms with Crippen molar-refractivity contribution in [3.05, 3.63) is 60.7 Å². The van der Waals surface area contributed by atoms with E-state index in [0.717, 1.165) is 31.6 Å². The summed E-state index contributed by atoms with van der Waals surface area (Å²) in [6.45, 7) is 3.29. The molecule has 0 bridgehead atoms. The number of thiazole rings is 1. The number of aliphatic carboxylic acids is 1. The normalized spacial score (nSPS) is 13.3. The van der Waals surface area contributed by atoms with E-state index in [2.05, 4.69) is 9.71 Å². The molecule has 33 heavy (non-hydrogen) atoms. The van der Waals surface area contributed by atoms with Gasteiger partial charge in [-0.1, -0.05) is 32.0 Å². The first-order chi connectivity index (χ1) is 15.7. The second-order valence-corrected chi connectivity index (χ2v) is 10.9. The van der Waals surface area contributed by atoms with Crippen molar-refractivity contribution in [1.82, 2.24) is 9.71 Å². The van der Waals surface area contributed by atoms with Crippen LogP contribution < -0.4 is 4.72 Å². The Morgan fingerprint density at radius 1 is 1.03 bits per heavy atom. The van der Waals surface area contributed by atoms with Gasteiger partial charge in [-0.3, -0.25) is 4.79 Å². The third-order valence-corrected chi connectivity index (χ3v) is 8.03. The number of sulfonamides is 1. The van der Waals surface area contributed by atoms with E-state index in [0.29, 0.717) is 11.2 Å².